The maximum Gasteiger partial charge on any atom is 0.127 e. The first kappa shape index (κ1) is 14.9. The second kappa shape index (κ2) is 6.28. The number of benzene rings is 2. The Morgan fingerprint density at radius 2 is 1.89 bits per heavy atom. The van der Waals surface area contributed by atoms with Gasteiger partial charge in [-0.3, -0.25) is 0 Å². The first-order valence-corrected chi connectivity index (χ1v) is 7.49. The van der Waals surface area contributed by atoms with Gasteiger partial charge in [-0.25, -0.2) is 8.78 Å². The normalized spacial score (nSPS) is 12.5. The molecule has 0 saturated heterocycles. The van der Waals surface area contributed by atoms with E-state index in [0.29, 0.717) is 16.5 Å². The van der Waals surface area contributed by atoms with E-state index in [2.05, 4.69) is 15.9 Å². The van der Waals surface area contributed by atoms with Gasteiger partial charge in [0, 0.05) is 14.1 Å². The Balaban J connectivity index is 2.23. The van der Waals surface area contributed by atoms with E-state index in [1.165, 1.54) is 18.2 Å². The van der Waals surface area contributed by atoms with Crippen LogP contribution in [0.5, 0.6) is 0 Å². The van der Waals surface area contributed by atoms with Crippen LogP contribution in [0.15, 0.2) is 40.9 Å². The molecular weight excluding hydrogens is 427 g/mol. The van der Waals surface area contributed by atoms with E-state index in [4.69, 9.17) is 5.73 Å². The van der Waals surface area contributed by atoms with E-state index in [0.717, 1.165) is 9.13 Å². The quantitative estimate of drug-likeness (QED) is 0.699. The fourth-order valence-corrected chi connectivity index (χ4v) is 3.05. The molecule has 1 atom stereocenters. The molecule has 2 aromatic rings. The lowest BCUT2D eigenvalue weighted by atomic mass is 9.99. The highest BCUT2D eigenvalue weighted by atomic mass is 127. The molecule has 0 aromatic heterocycles. The minimum absolute atomic E-state index is 0.290. The Bertz CT molecular complexity index is 604. The predicted molar refractivity (Wildman–Crippen MR) is 83.8 cm³/mol. The number of nitrogens with two attached hydrogens (primary N) is 1. The highest BCUT2D eigenvalue weighted by molar-refractivity contribution is 14.1. The molecule has 0 saturated carbocycles. The van der Waals surface area contributed by atoms with Crippen molar-refractivity contribution in [3.8, 4) is 0 Å². The second-order valence-corrected chi connectivity index (χ2v) is 6.29. The molecule has 100 valence electrons. The molecule has 0 heterocycles. The van der Waals surface area contributed by atoms with Crippen molar-refractivity contribution < 1.29 is 8.78 Å². The van der Waals surface area contributed by atoms with Gasteiger partial charge in [0.1, 0.15) is 11.6 Å². The zero-order valence-electron chi connectivity index (χ0n) is 9.84. The van der Waals surface area contributed by atoms with Crippen molar-refractivity contribution in [1.82, 2.24) is 0 Å². The summed E-state index contributed by atoms with van der Waals surface area (Å²) in [5, 5.41) is 0. The summed E-state index contributed by atoms with van der Waals surface area (Å²) in [6.07, 6.45) is 0.376. The van der Waals surface area contributed by atoms with Gasteiger partial charge < -0.3 is 5.73 Å². The number of hydrogen-bond donors (Lipinski definition) is 1. The van der Waals surface area contributed by atoms with Crippen LogP contribution in [0.2, 0.25) is 0 Å². The van der Waals surface area contributed by atoms with Crippen molar-refractivity contribution in [1.29, 1.82) is 0 Å². The molecule has 19 heavy (non-hydrogen) atoms. The Kier molecular flexibility index (Phi) is 4.92. The van der Waals surface area contributed by atoms with E-state index in [1.54, 1.807) is 18.2 Å². The average molecular weight is 438 g/mol. The fourth-order valence-electron chi connectivity index (χ4n) is 1.84. The van der Waals surface area contributed by atoms with E-state index in [1.807, 2.05) is 22.6 Å². The Morgan fingerprint density at radius 1 is 1.16 bits per heavy atom. The topological polar surface area (TPSA) is 26.0 Å². The van der Waals surface area contributed by atoms with Crippen LogP contribution in [0.4, 0.5) is 8.78 Å². The Hall–Kier alpha value is -0.530. The van der Waals surface area contributed by atoms with E-state index in [9.17, 15) is 8.78 Å². The zero-order valence-corrected chi connectivity index (χ0v) is 13.6. The molecule has 1 unspecified atom stereocenters. The number of hydrogen-bond acceptors (Lipinski definition) is 1. The van der Waals surface area contributed by atoms with Crippen molar-refractivity contribution in [2.45, 2.75) is 12.5 Å². The fraction of sp³-hybridized carbons (Fsp3) is 0.143. The predicted octanol–water partition coefficient (Wildman–Crippen LogP) is 4.57. The zero-order chi connectivity index (χ0) is 14.0. The molecule has 5 heteroatoms. The summed E-state index contributed by atoms with van der Waals surface area (Å²) in [5.74, 6) is -0.586. The van der Waals surface area contributed by atoms with Gasteiger partial charge in [-0.1, -0.05) is 28.1 Å². The molecule has 0 amide bonds. The van der Waals surface area contributed by atoms with Gasteiger partial charge in [-0.15, -0.1) is 0 Å². The minimum atomic E-state index is -0.358. The molecule has 0 radical (unpaired) electrons. The standard InChI is InChI=1S/C14H11BrF2IN/c15-9-2-1-8(12(17)6-9)5-14(19)11-4-3-10(16)7-13(11)18/h1-4,6-7,14H,5,19H2. The Morgan fingerprint density at radius 3 is 2.53 bits per heavy atom. The van der Waals surface area contributed by atoms with E-state index in [-0.39, 0.29) is 17.7 Å². The summed E-state index contributed by atoms with van der Waals surface area (Å²) in [6.45, 7) is 0. The highest BCUT2D eigenvalue weighted by Gasteiger charge is 2.13. The van der Waals surface area contributed by atoms with Gasteiger partial charge in [0.05, 0.1) is 0 Å². The van der Waals surface area contributed by atoms with Crippen molar-refractivity contribution in [3.05, 3.63) is 67.2 Å². The van der Waals surface area contributed by atoms with Gasteiger partial charge in [0.15, 0.2) is 0 Å². The number of rotatable bonds is 3. The van der Waals surface area contributed by atoms with Gasteiger partial charge in [-0.05, 0) is 64.4 Å². The minimum Gasteiger partial charge on any atom is -0.324 e. The Labute approximate surface area is 132 Å². The first-order valence-electron chi connectivity index (χ1n) is 5.62. The average Bonchev–Trinajstić information content (AvgIpc) is 2.32. The first-order chi connectivity index (χ1) is 8.97. The molecule has 2 N–H and O–H groups in total. The van der Waals surface area contributed by atoms with Crippen LogP contribution in [0.25, 0.3) is 0 Å². The lowest BCUT2D eigenvalue weighted by Crippen LogP contribution is -2.15. The van der Waals surface area contributed by atoms with Crippen LogP contribution in [-0.2, 0) is 6.42 Å². The largest absolute Gasteiger partial charge is 0.324 e. The number of halogens is 4. The van der Waals surface area contributed by atoms with Crippen LogP contribution < -0.4 is 5.73 Å². The van der Waals surface area contributed by atoms with Gasteiger partial charge in [-0.2, -0.15) is 0 Å². The maximum absolute atomic E-state index is 13.7. The van der Waals surface area contributed by atoms with Crippen LogP contribution in [-0.4, -0.2) is 0 Å². The molecule has 0 aliphatic heterocycles. The summed E-state index contributed by atoms with van der Waals surface area (Å²) >= 11 is 5.25. The lowest BCUT2D eigenvalue weighted by molar-refractivity contribution is 0.590. The molecule has 0 fully saturated rings. The molecular formula is C14H11BrF2IN. The molecule has 2 aromatic carbocycles. The molecule has 0 aliphatic rings. The van der Waals surface area contributed by atoms with Crippen LogP contribution in [0, 0.1) is 15.2 Å². The lowest BCUT2D eigenvalue weighted by Gasteiger charge is -2.14. The van der Waals surface area contributed by atoms with Crippen LogP contribution in [0.1, 0.15) is 17.2 Å². The van der Waals surface area contributed by atoms with Gasteiger partial charge in [0.2, 0.25) is 0 Å². The third-order valence-corrected chi connectivity index (χ3v) is 4.24. The summed E-state index contributed by atoms with van der Waals surface area (Å²) in [4.78, 5) is 0. The van der Waals surface area contributed by atoms with E-state index < -0.39 is 0 Å². The van der Waals surface area contributed by atoms with Crippen molar-refractivity contribution >= 4 is 38.5 Å². The van der Waals surface area contributed by atoms with Crippen molar-refractivity contribution in [3.63, 3.8) is 0 Å². The molecule has 0 bridgehead atoms. The molecule has 0 spiro atoms. The molecule has 1 nitrogen and oxygen atoms in total. The third kappa shape index (κ3) is 3.73. The monoisotopic (exact) mass is 437 g/mol. The second-order valence-electron chi connectivity index (χ2n) is 4.21. The smallest absolute Gasteiger partial charge is 0.127 e. The third-order valence-electron chi connectivity index (χ3n) is 2.82. The highest BCUT2D eigenvalue weighted by Crippen LogP contribution is 2.24. The summed E-state index contributed by atoms with van der Waals surface area (Å²) < 4.78 is 28.2. The van der Waals surface area contributed by atoms with Crippen molar-refractivity contribution in [2.24, 2.45) is 5.73 Å². The molecule has 2 rings (SSSR count). The van der Waals surface area contributed by atoms with Gasteiger partial charge in [0.25, 0.3) is 0 Å². The van der Waals surface area contributed by atoms with Crippen LogP contribution >= 0.6 is 38.5 Å². The summed E-state index contributed by atoms with van der Waals surface area (Å²) in [5.41, 5.74) is 7.45. The SMILES string of the molecule is NC(Cc1ccc(Br)cc1F)c1ccc(F)cc1I. The van der Waals surface area contributed by atoms with Crippen molar-refractivity contribution in [2.75, 3.05) is 0 Å². The summed E-state index contributed by atoms with van der Waals surface area (Å²) in [6, 6.07) is 8.98. The van der Waals surface area contributed by atoms with Crippen LogP contribution in [0.3, 0.4) is 0 Å². The van der Waals surface area contributed by atoms with E-state index >= 15 is 0 Å². The maximum atomic E-state index is 13.7. The summed E-state index contributed by atoms with van der Waals surface area (Å²) in [7, 11) is 0. The molecule has 0 aliphatic carbocycles. The van der Waals surface area contributed by atoms with Gasteiger partial charge >= 0.3 is 0 Å².